The minimum atomic E-state index is -3.76. The normalized spacial score (nSPS) is 11.2. The molecule has 0 aliphatic carbocycles. The van der Waals surface area contributed by atoms with Crippen LogP contribution in [0.15, 0.2) is 44.8 Å². The number of carboxylic acid groups (broad SMARTS) is 1. The Balaban J connectivity index is 2.27. The third-order valence-electron chi connectivity index (χ3n) is 2.41. The van der Waals surface area contributed by atoms with Crippen molar-refractivity contribution in [3.8, 4) is 0 Å². The lowest BCUT2D eigenvalue weighted by atomic mass is 10.3. The molecule has 0 spiro atoms. The lowest BCUT2D eigenvalue weighted by Crippen LogP contribution is -2.11. The highest BCUT2D eigenvalue weighted by molar-refractivity contribution is 7.98. The number of carbonyl (C=O) groups is 1. The maximum atomic E-state index is 12.1. The van der Waals surface area contributed by atoms with Crippen LogP contribution in [0, 0.1) is 0 Å². The Labute approximate surface area is 124 Å². The molecule has 2 N–H and O–H groups in total. The molecule has 0 fully saturated rings. The maximum Gasteiger partial charge on any atom is 0.336 e. The van der Waals surface area contributed by atoms with Gasteiger partial charge in [0, 0.05) is 16.0 Å². The van der Waals surface area contributed by atoms with Crippen molar-refractivity contribution in [1.29, 1.82) is 0 Å². The number of anilines is 1. The lowest BCUT2D eigenvalue weighted by Gasteiger charge is -2.07. The summed E-state index contributed by atoms with van der Waals surface area (Å²) in [7, 11) is -3.76. The summed E-state index contributed by atoms with van der Waals surface area (Å²) >= 11 is 2.38. The first kappa shape index (κ1) is 14.9. The molecule has 1 aromatic carbocycles. The van der Waals surface area contributed by atoms with E-state index in [2.05, 4.69) is 4.72 Å². The highest BCUT2D eigenvalue weighted by Crippen LogP contribution is 2.25. The van der Waals surface area contributed by atoms with Crippen molar-refractivity contribution in [1.82, 2.24) is 0 Å². The fraction of sp³-hybridized carbons (Fsp3) is 0.0833. The second-order valence-electron chi connectivity index (χ2n) is 3.80. The average Bonchev–Trinajstić information content (AvgIpc) is 2.89. The van der Waals surface area contributed by atoms with Gasteiger partial charge in [-0.1, -0.05) is 6.07 Å². The summed E-state index contributed by atoms with van der Waals surface area (Å²) in [5, 5.41) is 10.1. The van der Waals surface area contributed by atoms with Crippen molar-refractivity contribution < 1.29 is 18.3 Å². The first-order valence-electron chi connectivity index (χ1n) is 5.41. The van der Waals surface area contributed by atoms with Crippen molar-refractivity contribution in [2.24, 2.45) is 0 Å². The van der Waals surface area contributed by atoms with Gasteiger partial charge < -0.3 is 5.11 Å². The predicted molar refractivity (Wildman–Crippen MR) is 80.3 cm³/mol. The second kappa shape index (κ2) is 5.86. The molecule has 8 heteroatoms. The minimum absolute atomic E-state index is 0.0237. The van der Waals surface area contributed by atoms with Crippen LogP contribution in [0.25, 0.3) is 0 Å². The van der Waals surface area contributed by atoms with Gasteiger partial charge in [0.1, 0.15) is 4.21 Å². The summed E-state index contributed by atoms with van der Waals surface area (Å²) < 4.78 is 26.7. The zero-order chi connectivity index (χ0) is 14.8. The van der Waals surface area contributed by atoms with E-state index < -0.39 is 16.0 Å². The van der Waals surface area contributed by atoms with E-state index in [1.165, 1.54) is 17.1 Å². The molecule has 2 rings (SSSR count). The Morgan fingerprint density at radius 2 is 2.10 bits per heavy atom. The Bertz CT molecular complexity index is 737. The molecule has 1 heterocycles. The number of rotatable bonds is 5. The van der Waals surface area contributed by atoms with E-state index in [0.29, 0.717) is 5.69 Å². The summed E-state index contributed by atoms with van der Waals surface area (Å²) in [6.07, 6.45) is 1.89. The molecule has 20 heavy (non-hydrogen) atoms. The molecule has 0 unspecified atom stereocenters. The van der Waals surface area contributed by atoms with Crippen molar-refractivity contribution >= 4 is 44.8 Å². The quantitative estimate of drug-likeness (QED) is 0.824. The first-order chi connectivity index (χ1) is 9.42. The van der Waals surface area contributed by atoms with E-state index in [4.69, 9.17) is 5.11 Å². The van der Waals surface area contributed by atoms with Crippen molar-refractivity contribution in [3.63, 3.8) is 0 Å². The topological polar surface area (TPSA) is 83.5 Å². The van der Waals surface area contributed by atoms with Crippen LogP contribution in [0.1, 0.15) is 10.4 Å². The molecule has 2 aromatic rings. The van der Waals surface area contributed by atoms with Crippen molar-refractivity contribution in [3.05, 3.63) is 41.3 Å². The molecular weight excluding hydrogens is 318 g/mol. The molecule has 0 aliphatic rings. The standard InChI is InChI=1S/C12H11NO4S3/c1-18-10-4-2-3-9(6-10)13-20(16,17)11-5-8(7-19-11)12(14)15/h2-7,13H,1H3,(H,14,15). The molecule has 106 valence electrons. The minimum Gasteiger partial charge on any atom is -0.478 e. The fourth-order valence-electron chi connectivity index (χ4n) is 1.46. The van der Waals surface area contributed by atoms with E-state index in [1.54, 1.807) is 18.2 Å². The first-order valence-corrected chi connectivity index (χ1v) is 9.00. The van der Waals surface area contributed by atoms with E-state index in [0.717, 1.165) is 22.3 Å². The number of hydrogen-bond acceptors (Lipinski definition) is 5. The Hall–Kier alpha value is -1.51. The summed E-state index contributed by atoms with van der Waals surface area (Å²) in [4.78, 5) is 11.7. The van der Waals surface area contributed by atoms with Gasteiger partial charge in [0.25, 0.3) is 10.0 Å². The van der Waals surface area contributed by atoms with Gasteiger partial charge in [0.15, 0.2) is 0 Å². The van der Waals surface area contributed by atoms with Crippen molar-refractivity contribution in [2.75, 3.05) is 11.0 Å². The summed E-state index contributed by atoms with van der Waals surface area (Å²) in [6, 6.07) is 8.13. The van der Waals surface area contributed by atoms with Crippen LogP contribution in [-0.2, 0) is 10.0 Å². The lowest BCUT2D eigenvalue weighted by molar-refractivity contribution is 0.0697. The number of thiophene rings is 1. The summed E-state index contributed by atoms with van der Waals surface area (Å²) in [6.45, 7) is 0. The third kappa shape index (κ3) is 3.33. The second-order valence-corrected chi connectivity index (χ2v) is 7.50. The number of aromatic carboxylic acids is 1. The molecule has 0 radical (unpaired) electrons. The van der Waals surface area contributed by atoms with E-state index in [-0.39, 0.29) is 9.77 Å². The van der Waals surface area contributed by atoms with E-state index in [1.807, 2.05) is 12.3 Å². The van der Waals surface area contributed by atoms with Gasteiger partial charge in [-0.3, -0.25) is 4.72 Å². The monoisotopic (exact) mass is 329 g/mol. The molecule has 0 amide bonds. The van der Waals surface area contributed by atoms with Crippen molar-refractivity contribution in [2.45, 2.75) is 9.10 Å². The molecule has 0 saturated heterocycles. The van der Waals surface area contributed by atoms with Gasteiger partial charge in [-0.25, -0.2) is 13.2 Å². The summed E-state index contributed by atoms with van der Waals surface area (Å²) in [5.41, 5.74) is 0.412. The molecular formula is C12H11NO4S3. The maximum absolute atomic E-state index is 12.1. The van der Waals surface area contributed by atoms with Gasteiger partial charge in [0.2, 0.25) is 0 Å². The Kier molecular flexibility index (Phi) is 4.36. The third-order valence-corrected chi connectivity index (χ3v) is 5.96. The van der Waals surface area contributed by atoms with Gasteiger partial charge in [-0.15, -0.1) is 23.1 Å². The van der Waals surface area contributed by atoms with Crippen LogP contribution < -0.4 is 4.72 Å². The average molecular weight is 329 g/mol. The van der Waals surface area contributed by atoms with Crippen LogP contribution in [0.3, 0.4) is 0 Å². The molecule has 0 bridgehead atoms. The van der Waals surface area contributed by atoms with Gasteiger partial charge in [-0.2, -0.15) is 0 Å². The highest BCUT2D eigenvalue weighted by Gasteiger charge is 2.19. The largest absolute Gasteiger partial charge is 0.478 e. The number of sulfonamides is 1. The van der Waals surface area contributed by atoms with Crippen LogP contribution in [0.4, 0.5) is 5.69 Å². The highest BCUT2D eigenvalue weighted by atomic mass is 32.2. The van der Waals surface area contributed by atoms with Gasteiger partial charge in [0.05, 0.1) is 5.56 Å². The Morgan fingerprint density at radius 3 is 2.70 bits per heavy atom. The van der Waals surface area contributed by atoms with Crippen LogP contribution in [-0.4, -0.2) is 25.7 Å². The van der Waals surface area contributed by atoms with Gasteiger partial charge in [-0.05, 0) is 30.5 Å². The molecule has 0 saturated carbocycles. The molecule has 1 aromatic heterocycles. The number of thioether (sulfide) groups is 1. The number of nitrogens with one attached hydrogen (secondary N) is 1. The summed E-state index contributed by atoms with van der Waals surface area (Å²) in [5.74, 6) is -1.15. The van der Waals surface area contributed by atoms with E-state index >= 15 is 0 Å². The van der Waals surface area contributed by atoms with E-state index in [9.17, 15) is 13.2 Å². The Morgan fingerprint density at radius 1 is 1.35 bits per heavy atom. The zero-order valence-electron chi connectivity index (χ0n) is 10.4. The molecule has 5 nitrogen and oxygen atoms in total. The molecule has 0 atom stereocenters. The van der Waals surface area contributed by atoms with Crippen LogP contribution >= 0.6 is 23.1 Å². The SMILES string of the molecule is CSc1cccc(NS(=O)(=O)c2cc(C(=O)O)cs2)c1. The van der Waals surface area contributed by atoms with Crippen LogP contribution in [0.2, 0.25) is 0 Å². The predicted octanol–water partition coefficient (Wildman–Crippen LogP) is 2.97. The molecule has 0 aliphatic heterocycles. The van der Waals surface area contributed by atoms with Gasteiger partial charge >= 0.3 is 5.97 Å². The smallest absolute Gasteiger partial charge is 0.336 e. The number of carboxylic acids is 1. The number of benzene rings is 1. The van der Waals surface area contributed by atoms with Crippen LogP contribution in [0.5, 0.6) is 0 Å². The zero-order valence-corrected chi connectivity index (χ0v) is 12.8. The number of hydrogen-bond donors (Lipinski definition) is 2. The fourth-order valence-corrected chi connectivity index (χ4v) is 4.12.